The van der Waals surface area contributed by atoms with Gasteiger partial charge in [0.2, 0.25) is 0 Å². The van der Waals surface area contributed by atoms with Gasteiger partial charge in [-0.05, 0) is 25.2 Å². The highest BCUT2D eigenvalue weighted by atomic mass is 16.1. The Hall–Kier alpha value is -0.370. The molecular weight excluding hydrogens is 198 g/mol. The maximum Gasteiger partial charge on any atom is 0.127 e. The molecule has 0 aromatic carbocycles. The number of hydrogen-bond acceptors (Lipinski definition) is 2. The highest BCUT2D eigenvalue weighted by molar-refractivity contribution is 5.59. The summed E-state index contributed by atoms with van der Waals surface area (Å²) in [7, 11) is 0. The van der Waals surface area contributed by atoms with Crippen LogP contribution in [0.1, 0.15) is 53.4 Å². The predicted molar refractivity (Wildman–Crippen MR) is 68.5 cm³/mol. The minimum atomic E-state index is -0.133. The monoisotopic (exact) mass is 225 g/mol. The lowest BCUT2D eigenvalue weighted by atomic mass is 9.86. The molecule has 0 N–H and O–H groups in total. The summed E-state index contributed by atoms with van der Waals surface area (Å²) in [5, 5.41) is 0. The van der Waals surface area contributed by atoms with Gasteiger partial charge in [0.15, 0.2) is 0 Å². The molecule has 0 heterocycles. The quantitative estimate of drug-likeness (QED) is 0.592. The fourth-order valence-electron chi connectivity index (χ4n) is 2.46. The van der Waals surface area contributed by atoms with Crippen molar-refractivity contribution in [2.75, 3.05) is 13.1 Å². The van der Waals surface area contributed by atoms with Crippen molar-refractivity contribution in [3.05, 3.63) is 0 Å². The Morgan fingerprint density at radius 1 is 1.44 bits per heavy atom. The van der Waals surface area contributed by atoms with Crippen molar-refractivity contribution < 1.29 is 4.79 Å². The van der Waals surface area contributed by atoms with Crippen LogP contribution in [0.25, 0.3) is 0 Å². The van der Waals surface area contributed by atoms with Crippen molar-refractivity contribution in [2.24, 2.45) is 11.3 Å². The molecule has 0 spiro atoms. The summed E-state index contributed by atoms with van der Waals surface area (Å²) >= 11 is 0. The summed E-state index contributed by atoms with van der Waals surface area (Å²) in [4.78, 5) is 13.8. The first-order valence-corrected chi connectivity index (χ1v) is 6.71. The number of carbonyl (C=O) groups excluding carboxylic acids is 1. The molecule has 1 fully saturated rings. The van der Waals surface area contributed by atoms with Crippen LogP contribution in [0.15, 0.2) is 0 Å². The van der Waals surface area contributed by atoms with Crippen molar-refractivity contribution in [1.82, 2.24) is 4.90 Å². The van der Waals surface area contributed by atoms with E-state index in [4.69, 9.17) is 0 Å². The van der Waals surface area contributed by atoms with Crippen LogP contribution < -0.4 is 0 Å². The van der Waals surface area contributed by atoms with E-state index in [1.807, 2.05) is 0 Å². The Bertz CT molecular complexity index is 223. The van der Waals surface area contributed by atoms with Gasteiger partial charge in [-0.1, -0.05) is 34.1 Å². The summed E-state index contributed by atoms with van der Waals surface area (Å²) in [6.45, 7) is 10.9. The fraction of sp³-hybridized carbons (Fsp3) is 0.929. The van der Waals surface area contributed by atoms with Crippen LogP contribution >= 0.6 is 0 Å². The summed E-state index contributed by atoms with van der Waals surface area (Å²) in [6, 6.07) is 0.763. The first-order valence-electron chi connectivity index (χ1n) is 6.71. The lowest BCUT2D eigenvalue weighted by Gasteiger charge is -2.32. The standard InChI is InChI=1S/C14H27NO/c1-5-8-14(4,11-16)10-15(9-12(2)3)13-6-7-13/h11-13H,5-10H2,1-4H3. The fourth-order valence-corrected chi connectivity index (χ4v) is 2.46. The van der Waals surface area contributed by atoms with Gasteiger partial charge in [-0.25, -0.2) is 0 Å². The van der Waals surface area contributed by atoms with Crippen molar-refractivity contribution in [2.45, 2.75) is 59.4 Å². The van der Waals surface area contributed by atoms with E-state index < -0.39 is 0 Å². The van der Waals surface area contributed by atoms with E-state index >= 15 is 0 Å². The van der Waals surface area contributed by atoms with Crippen molar-refractivity contribution in [1.29, 1.82) is 0 Å². The summed E-state index contributed by atoms with van der Waals surface area (Å²) in [5.41, 5.74) is -0.133. The highest BCUT2D eigenvalue weighted by Crippen LogP contribution is 2.32. The van der Waals surface area contributed by atoms with Gasteiger partial charge in [0.1, 0.15) is 6.29 Å². The Morgan fingerprint density at radius 3 is 2.44 bits per heavy atom. The molecule has 16 heavy (non-hydrogen) atoms. The van der Waals surface area contributed by atoms with Gasteiger partial charge < -0.3 is 4.79 Å². The highest BCUT2D eigenvalue weighted by Gasteiger charge is 2.34. The Kier molecular flexibility index (Phi) is 4.97. The molecule has 0 radical (unpaired) electrons. The summed E-state index contributed by atoms with van der Waals surface area (Å²) in [6.07, 6.45) is 5.93. The minimum Gasteiger partial charge on any atom is -0.303 e. The maximum absolute atomic E-state index is 11.3. The van der Waals surface area contributed by atoms with Gasteiger partial charge >= 0.3 is 0 Å². The summed E-state index contributed by atoms with van der Waals surface area (Å²) in [5.74, 6) is 0.693. The predicted octanol–water partition coefficient (Wildman–Crippen LogP) is 3.11. The number of aldehydes is 1. The molecule has 1 saturated carbocycles. The van der Waals surface area contributed by atoms with Crippen molar-refractivity contribution >= 4 is 6.29 Å². The average Bonchev–Trinajstić information content (AvgIpc) is 2.99. The van der Waals surface area contributed by atoms with E-state index in [0.29, 0.717) is 5.92 Å². The van der Waals surface area contributed by atoms with E-state index in [1.54, 1.807) is 0 Å². The van der Waals surface area contributed by atoms with Crippen LogP contribution in [0.2, 0.25) is 0 Å². The molecule has 2 nitrogen and oxygen atoms in total. The van der Waals surface area contributed by atoms with Crippen LogP contribution in [0.4, 0.5) is 0 Å². The van der Waals surface area contributed by atoms with Crippen LogP contribution in [0.3, 0.4) is 0 Å². The van der Waals surface area contributed by atoms with Gasteiger partial charge in [0.25, 0.3) is 0 Å². The third kappa shape index (κ3) is 4.25. The molecule has 0 aromatic heterocycles. The lowest BCUT2D eigenvalue weighted by molar-refractivity contribution is -0.117. The van der Waals surface area contributed by atoms with Crippen LogP contribution in [-0.4, -0.2) is 30.3 Å². The maximum atomic E-state index is 11.3. The molecule has 0 aliphatic heterocycles. The molecule has 1 aliphatic carbocycles. The Balaban J connectivity index is 2.54. The normalized spacial score (nSPS) is 20.1. The van der Waals surface area contributed by atoms with Crippen LogP contribution in [0.5, 0.6) is 0 Å². The first-order chi connectivity index (χ1) is 7.50. The second-order valence-corrected chi connectivity index (χ2v) is 6.08. The van der Waals surface area contributed by atoms with Gasteiger partial charge in [0, 0.05) is 24.5 Å². The number of hydrogen-bond donors (Lipinski definition) is 0. The molecule has 2 heteroatoms. The zero-order valence-electron chi connectivity index (χ0n) is 11.3. The molecule has 0 aromatic rings. The largest absolute Gasteiger partial charge is 0.303 e. The van der Waals surface area contributed by atoms with Crippen molar-refractivity contribution in [3.8, 4) is 0 Å². The molecule has 0 amide bonds. The zero-order chi connectivity index (χ0) is 12.2. The van der Waals surface area contributed by atoms with E-state index in [9.17, 15) is 4.79 Å². The number of rotatable bonds is 8. The smallest absolute Gasteiger partial charge is 0.127 e. The van der Waals surface area contributed by atoms with Gasteiger partial charge in [0.05, 0.1) is 0 Å². The van der Waals surface area contributed by atoms with Gasteiger partial charge in [-0.2, -0.15) is 0 Å². The molecule has 1 rings (SSSR count). The summed E-state index contributed by atoms with van der Waals surface area (Å²) < 4.78 is 0. The molecule has 1 unspecified atom stereocenters. The van der Waals surface area contributed by atoms with Crippen LogP contribution in [0, 0.1) is 11.3 Å². The zero-order valence-corrected chi connectivity index (χ0v) is 11.3. The Morgan fingerprint density at radius 2 is 2.06 bits per heavy atom. The van der Waals surface area contributed by atoms with Crippen molar-refractivity contribution in [3.63, 3.8) is 0 Å². The number of carbonyl (C=O) groups is 1. The molecular formula is C14H27NO. The molecule has 0 bridgehead atoms. The van der Waals surface area contributed by atoms with E-state index in [0.717, 1.165) is 32.0 Å². The van der Waals surface area contributed by atoms with E-state index in [1.165, 1.54) is 19.1 Å². The SMILES string of the molecule is CCCC(C)(C=O)CN(CC(C)C)C1CC1. The van der Waals surface area contributed by atoms with E-state index in [-0.39, 0.29) is 5.41 Å². The van der Waals surface area contributed by atoms with E-state index in [2.05, 4.69) is 32.6 Å². The van der Waals surface area contributed by atoms with Gasteiger partial charge in [-0.15, -0.1) is 0 Å². The first kappa shape index (κ1) is 13.7. The van der Waals surface area contributed by atoms with Crippen LogP contribution in [-0.2, 0) is 4.79 Å². The number of nitrogens with zero attached hydrogens (tertiary/aromatic N) is 1. The van der Waals surface area contributed by atoms with Gasteiger partial charge in [-0.3, -0.25) is 4.90 Å². The topological polar surface area (TPSA) is 20.3 Å². The second-order valence-electron chi connectivity index (χ2n) is 6.08. The lowest BCUT2D eigenvalue weighted by Crippen LogP contribution is -2.40. The average molecular weight is 225 g/mol. The Labute approximate surface area is 100 Å². The third-order valence-corrected chi connectivity index (χ3v) is 3.33. The molecule has 1 aliphatic rings. The molecule has 1 atom stereocenters. The third-order valence-electron chi connectivity index (χ3n) is 3.33. The molecule has 0 saturated heterocycles. The second kappa shape index (κ2) is 5.81. The molecule has 94 valence electrons. The minimum absolute atomic E-state index is 0.133.